The lowest BCUT2D eigenvalue weighted by Crippen LogP contribution is -1.83. The van der Waals surface area contributed by atoms with Gasteiger partial charge in [-0.3, -0.25) is 0 Å². The lowest BCUT2D eigenvalue weighted by atomic mass is 10.2. The maximum Gasteiger partial charge on any atom is 0.0775 e. The average molecular weight is 254 g/mol. The first-order valence-corrected chi connectivity index (χ1v) is 6.93. The third-order valence-electron chi connectivity index (χ3n) is 2.38. The van der Waals surface area contributed by atoms with Crippen molar-refractivity contribution in [1.29, 1.82) is 0 Å². The molecule has 0 radical (unpaired) electrons. The predicted octanol–water partition coefficient (Wildman–Crippen LogP) is 4.02. The van der Waals surface area contributed by atoms with Gasteiger partial charge in [-0.25, -0.2) is 4.21 Å². The molecule has 1 atom stereocenters. The second-order valence-corrected chi connectivity index (χ2v) is 5.05. The summed E-state index contributed by atoms with van der Waals surface area (Å²) < 4.78 is 11.8. The van der Waals surface area contributed by atoms with E-state index in [1.54, 1.807) is 5.41 Å². The van der Waals surface area contributed by atoms with E-state index in [2.05, 4.69) is 0 Å². The van der Waals surface area contributed by atoms with Crippen LogP contribution in [0.15, 0.2) is 83.1 Å². The molecule has 0 aromatic heterocycles. The summed E-state index contributed by atoms with van der Waals surface area (Å²) in [5.41, 5.74) is 1.13. The summed E-state index contributed by atoms with van der Waals surface area (Å²) in [6, 6.07) is 19.4. The Balaban J connectivity index is 1.96. The van der Waals surface area contributed by atoms with Crippen LogP contribution in [0.5, 0.6) is 0 Å². The monoisotopic (exact) mass is 254 g/mol. The fourth-order valence-corrected chi connectivity index (χ4v) is 2.30. The fourth-order valence-electron chi connectivity index (χ4n) is 1.48. The van der Waals surface area contributed by atoms with Gasteiger partial charge in [0.05, 0.1) is 10.8 Å². The summed E-state index contributed by atoms with van der Waals surface area (Å²) >= 11 is 0. The molecule has 0 aliphatic carbocycles. The van der Waals surface area contributed by atoms with Crippen molar-refractivity contribution in [3.63, 3.8) is 0 Å². The highest BCUT2D eigenvalue weighted by molar-refractivity contribution is 7.88. The Labute approximate surface area is 110 Å². The van der Waals surface area contributed by atoms with Crippen LogP contribution < -0.4 is 0 Å². The Hall–Kier alpha value is -1.93. The summed E-state index contributed by atoms with van der Waals surface area (Å²) in [5.74, 6) is 0. The molecule has 0 aliphatic heterocycles. The van der Waals surface area contributed by atoms with Crippen LogP contribution in [0.25, 0.3) is 6.08 Å². The minimum absolute atomic E-state index is 0.821. The van der Waals surface area contributed by atoms with Gasteiger partial charge < -0.3 is 0 Å². The molecule has 0 aliphatic rings. The molecule has 2 aromatic carbocycles. The molecule has 18 heavy (non-hydrogen) atoms. The predicted molar refractivity (Wildman–Crippen MR) is 77.5 cm³/mol. The van der Waals surface area contributed by atoms with Gasteiger partial charge in [0.15, 0.2) is 0 Å². The van der Waals surface area contributed by atoms with E-state index in [9.17, 15) is 4.21 Å². The van der Waals surface area contributed by atoms with Gasteiger partial charge in [0.25, 0.3) is 0 Å². The molecule has 2 aromatic rings. The first-order chi connectivity index (χ1) is 8.86. The summed E-state index contributed by atoms with van der Waals surface area (Å²) in [5, 5.41) is 1.69. The van der Waals surface area contributed by atoms with E-state index >= 15 is 0 Å². The van der Waals surface area contributed by atoms with E-state index in [0.717, 1.165) is 10.5 Å². The van der Waals surface area contributed by atoms with Gasteiger partial charge in [0.1, 0.15) is 0 Å². The highest BCUT2D eigenvalue weighted by Crippen LogP contribution is 2.07. The number of allylic oxidation sites excluding steroid dienone is 2. The van der Waals surface area contributed by atoms with Crippen molar-refractivity contribution < 1.29 is 4.21 Å². The molecular formula is C16H14OS. The SMILES string of the molecule is O=[S@@](/C=C/C=C/c1ccccc1)c1ccccc1. The number of hydrogen-bond donors (Lipinski definition) is 0. The molecular weight excluding hydrogens is 240 g/mol. The zero-order valence-electron chi connectivity index (χ0n) is 9.90. The molecule has 0 bridgehead atoms. The molecule has 0 saturated carbocycles. The molecule has 0 N–H and O–H groups in total. The quantitative estimate of drug-likeness (QED) is 0.753. The van der Waals surface area contributed by atoms with Crippen molar-refractivity contribution in [3.8, 4) is 0 Å². The van der Waals surface area contributed by atoms with Gasteiger partial charge in [-0.15, -0.1) is 0 Å². The van der Waals surface area contributed by atoms with Crippen molar-refractivity contribution in [2.24, 2.45) is 0 Å². The van der Waals surface area contributed by atoms with E-state index in [4.69, 9.17) is 0 Å². The second kappa shape index (κ2) is 6.72. The normalized spacial score (nSPS) is 13.1. The maximum absolute atomic E-state index is 11.8. The van der Waals surface area contributed by atoms with Crippen molar-refractivity contribution in [3.05, 3.63) is 83.8 Å². The van der Waals surface area contributed by atoms with E-state index in [1.165, 1.54) is 0 Å². The van der Waals surface area contributed by atoms with Gasteiger partial charge in [-0.1, -0.05) is 66.8 Å². The lowest BCUT2D eigenvalue weighted by molar-refractivity contribution is 0.688. The molecule has 0 saturated heterocycles. The van der Waals surface area contributed by atoms with E-state index < -0.39 is 10.8 Å². The number of rotatable bonds is 4. The van der Waals surface area contributed by atoms with Crippen LogP contribution in [0.4, 0.5) is 0 Å². The Morgan fingerprint density at radius 1 is 0.778 bits per heavy atom. The molecule has 0 unspecified atom stereocenters. The van der Waals surface area contributed by atoms with Gasteiger partial charge in [0, 0.05) is 10.3 Å². The van der Waals surface area contributed by atoms with Gasteiger partial charge in [-0.2, -0.15) is 0 Å². The van der Waals surface area contributed by atoms with Gasteiger partial charge >= 0.3 is 0 Å². The topological polar surface area (TPSA) is 17.1 Å². The molecule has 0 heterocycles. The standard InChI is InChI=1S/C16H14OS/c17-18(16-12-5-2-6-13-16)14-8-7-11-15-9-3-1-4-10-15/h1-14H/b11-7+,14-8+/t18-/m0/s1. The molecule has 90 valence electrons. The van der Waals surface area contributed by atoms with Crippen molar-refractivity contribution in [1.82, 2.24) is 0 Å². The minimum Gasteiger partial charge on any atom is -0.250 e. The van der Waals surface area contributed by atoms with Crippen molar-refractivity contribution in [2.45, 2.75) is 4.90 Å². The van der Waals surface area contributed by atoms with Crippen LogP contribution >= 0.6 is 0 Å². The first kappa shape index (κ1) is 12.5. The molecule has 0 spiro atoms. The summed E-state index contributed by atoms with van der Waals surface area (Å²) in [6.07, 6.45) is 5.70. The van der Waals surface area contributed by atoms with Crippen LogP contribution in [0, 0.1) is 0 Å². The highest BCUT2D eigenvalue weighted by atomic mass is 32.2. The third-order valence-corrected chi connectivity index (χ3v) is 3.52. The Kier molecular flexibility index (Phi) is 4.68. The molecule has 2 rings (SSSR count). The largest absolute Gasteiger partial charge is 0.250 e. The summed E-state index contributed by atoms with van der Waals surface area (Å²) in [4.78, 5) is 0.821. The van der Waals surface area contributed by atoms with Crippen molar-refractivity contribution in [2.75, 3.05) is 0 Å². The maximum atomic E-state index is 11.8. The summed E-state index contributed by atoms with van der Waals surface area (Å²) in [7, 11) is -1.07. The Bertz CT molecular complexity index is 556. The van der Waals surface area contributed by atoms with Gasteiger partial charge in [-0.05, 0) is 17.7 Å². The zero-order chi connectivity index (χ0) is 12.6. The third kappa shape index (κ3) is 3.82. The fraction of sp³-hybridized carbons (Fsp3) is 0. The van der Waals surface area contributed by atoms with Crippen molar-refractivity contribution >= 4 is 16.9 Å². The lowest BCUT2D eigenvalue weighted by Gasteiger charge is -1.93. The summed E-state index contributed by atoms with van der Waals surface area (Å²) in [6.45, 7) is 0. The van der Waals surface area contributed by atoms with Crippen LogP contribution in [-0.2, 0) is 10.8 Å². The van der Waals surface area contributed by atoms with E-state index in [0.29, 0.717) is 0 Å². The average Bonchev–Trinajstić information content (AvgIpc) is 2.45. The molecule has 0 amide bonds. The highest BCUT2D eigenvalue weighted by Gasteiger charge is 1.95. The zero-order valence-corrected chi connectivity index (χ0v) is 10.7. The molecule has 0 fully saturated rings. The van der Waals surface area contributed by atoms with Crippen LogP contribution in [0.2, 0.25) is 0 Å². The van der Waals surface area contributed by atoms with Crippen LogP contribution in [0.1, 0.15) is 5.56 Å². The van der Waals surface area contributed by atoms with E-state index in [-0.39, 0.29) is 0 Å². The van der Waals surface area contributed by atoms with Gasteiger partial charge in [0.2, 0.25) is 0 Å². The van der Waals surface area contributed by atoms with Crippen LogP contribution in [-0.4, -0.2) is 4.21 Å². The van der Waals surface area contributed by atoms with Crippen LogP contribution in [0.3, 0.4) is 0 Å². The second-order valence-electron chi connectivity index (χ2n) is 3.71. The van der Waals surface area contributed by atoms with E-state index in [1.807, 2.05) is 78.9 Å². The Morgan fingerprint density at radius 3 is 2.06 bits per heavy atom. The molecule has 1 nitrogen and oxygen atoms in total. The first-order valence-electron chi connectivity index (χ1n) is 5.72. The number of benzene rings is 2. The smallest absolute Gasteiger partial charge is 0.0775 e. The minimum atomic E-state index is -1.07. The Morgan fingerprint density at radius 2 is 1.39 bits per heavy atom. The molecule has 2 heteroatoms. The number of hydrogen-bond acceptors (Lipinski definition) is 1.